The second kappa shape index (κ2) is 7.23. The van der Waals surface area contributed by atoms with E-state index in [1.807, 2.05) is 6.92 Å². The molecule has 2 amide bonds. The lowest BCUT2D eigenvalue weighted by Gasteiger charge is -2.20. The van der Waals surface area contributed by atoms with E-state index in [9.17, 15) is 14.0 Å². The SMILES string of the molecule is CCC(C)C(NC(=O)Nc1ccc(F)cc1Br)C(=O)O. The molecular formula is C13H16BrFN2O3. The first-order chi connectivity index (χ1) is 9.35. The van der Waals surface area contributed by atoms with E-state index in [4.69, 9.17) is 5.11 Å². The molecule has 0 bridgehead atoms. The van der Waals surface area contributed by atoms with E-state index in [1.54, 1.807) is 6.92 Å². The van der Waals surface area contributed by atoms with Gasteiger partial charge in [0.2, 0.25) is 0 Å². The molecule has 0 fully saturated rings. The Kier molecular flexibility index (Phi) is 5.94. The molecule has 5 nitrogen and oxygen atoms in total. The van der Waals surface area contributed by atoms with Gasteiger partial charge >= 0.3 is 12.0 Å². The molecule has 0 aliphatic rings. The zero-order chi connectivity index (χ0) is 15.3. The largest absolute Gasteiger partial charge is 0.480 e. The second-order valence-corrected chi connectivity index (χ2v) is 5.28. The number of carboxylic acid groups (broad SMARTS) is 1. The fourth-order valence-electron chi connectivity index (χ4n) is 1.57. The quantitative estimate of drug-likeness (QED) is 0.765. The van der Waals surface area contributed by atoms with Crippen LogP contribution in [0.2, 0.25) is 0 Å². The maximum atomic E-state index is 12.9. The second-order valence-electron chi connectivity index (χ2n) is 4.42. The number of rotatable bonds is 5. The van der Waals surface area contributed by atoms with Crippen LogP contribution in [0.3, 0.4) is 0 Å². The summed E-state index contributed by atoms with van der Waals surface area (Å²) in [6.45, 7) is 3.59. The standard InChI is InChI=1S/C13H16BrFN2O3/c1-3-7(2)11(12(18)19)17-13(20)16-10-5-4-8(15)6-9(10)14/h4-7,11H,3H2,1-2H3,(H,18,19)(H2,16,17,20). The molecule has 0 heterocycles. The van der Waals surface area contributed by atoms with E-state index in [2.05, 4.69) is 26.6 Å². The van der Waals surface area contributed by atoms with Crippen LogP contribution in [0.1, 0.15) is 20.3 Å². The topological polar surface area (TPSA) is 78.4 Å². The van der Waals surface area contributed by atoms with Crippen LogP contribution in [0.4, 0.5) is 14.9 Å². The molecule has 0 aliphatic heterocycles. The predicted octanol–water partition coefficient (Wildman–Crippen LogP) is 3.21. The van der Waals surface area contributed by atoms with E-state index in [1.165, 1.54) is 18.2 Å². The summed E-state index contributed by atoms with van der Waals surface area (Å²) >= 11 is 3.11. The Morgan fingerprint density at radius 3 is 2.60 bits per heavy atom. The van der Waals surface area contributed by atoms with Gasteiger partial charge in [-0.05, 0) is 40.0 Å². The van der Waals surface area contributed by atoms with Gasteiger partial charge in [0, 0.05) is 4.47 Å². The Bertz CT molecular complexity index is 510. The van der Waals surface area contributed by atoms with Crippen LogP contribution >= 0.6 is 15.9 Å². The number of nitrogens with one attached hydrogen (secondary N) is 2. The molecule has 0 aliphatic carbocycles. The minimum atomic E-state index is -1.09. The van der Waals surface area contributed by atoms with Crippen LogP contribution in [-0.2, 0) is 4.79 Å². The molecule has 0 spiro atoms. The van der Waals surface area contributed by atoms with Gasteiger partial charge in [-0.3, -0.25) is 0 Å². The lowest BCUT2D eigenvalue weighted by atomic mass is 9.99. The van der Waals surface area contributed by atoms with Crippen molar-refractivity contribution < 1.29 is 19.1 Å². The number of aliphatic carboxylic acids is 1. The number of hydrogen-bond acceptors (Lipinski definition) is 2. The molecule has 1 rings (SSSR count). The number of carboxylic acids is 1. The number of halogens is 2. The molecule has 0 saturated heterocycles. The Balaban J connectivity index is 2.73. The monoisotopic (exact) mass is 346 g/mol. The van der Waals surface area contributed by atoms with Crippen LogP contribution in [-0.4, -0.2) is 23.1 Å². The molecule has 7 heteroatoms. The molecule has 3 N–H and O–H groups in total. The Morgan fingerprint density at radius 2 is 2.10 bits per heavy atom. The number of benzene rings is 1. The van der Waals surface area contributed by atoms with Crippen molar-refractivity contribution in [2.75, 3.05) is 5.32 Å². The van der Waals surface area contributed by atoms with Crippen molar-refractivity contribution in [3.8, 4) is 0 Å². The fraction of sp³-hybridized carbons (Fsp3) is 0.385. The Hall–Kier alpha value is -1.63. The smallest absolute Gasteiger partial charge is 0.326 e. The molecule has 2 atom stereocenters. The van der Waals surface area contributed by atoms with Crippen molar-refractivity contribution in [1.29, 1.82) is 0 Å². The van der Waals surface area contributed by atoms with Gasteiger partial charge in [0.15, 0.2) is 0 Å². The van der Waals surface area contributed by atoms with Crippen LogP contribution in [0, 0.1) is 11.7 Å². The molecule has 1 aromatic carbocycles. The summed E-state index contributed by atoms with van der Waals surface area (Å²) in [5.41, 5.74) is 0.359. The van der Waals surface area contributed by atoms with Gasteiger partial charge in [0.25, 0.3) is 0 Å². The lowest BCUT2D eigenvalue weighted by molar-refractivity contribution is -0.140. The van der Waals surface area contributed by atoms with Gasteiger partial charge in [-0.2, -0.15) is 0 Å². The summed E-state index contributed by atoms with van der Waals surface area (Å²) in [6, 6.07) is 2.17. The third-order valence-corrected chi connectivity index (χ3v) is 3.60. The number of carbonyl (C=O) groups excluding carboxylic acids is 1. The molecule has 0 aromatic heterocycles. The third kappa shape index (κ3) is 4.48. The maximum Gasteiger partial charge on any atom is 0.326 e. The zero-order valence-electron chi connectivity index (χ0n) is 11.1. The summed E-state index contributed by atoms with van der Waals surface area (Å²) in [7, 11) is 0. The van der Waals surface area contributed by atoms with Gasteiger partial charge in [-0.1, -0.05) is 20.3 Å². The van der Waals surface area contributed by atoms with Crippen LogP contribution < -0.4 is 10.6 Å². The summed E-state index contributed by atoms with van der Waals surface area (Å²) in [4.78, 5) is 22.9. The molecule has 0 saturated carbocycles. The highest BCUT2D eigenvalue weighted by atomic mass is 79.9. The highest BCUT2D eigenvalue weighted by Gasteiger charge is 2.25. The van der Waals surface area contributed by atoms with E-state index in [0.717, 1.165) is 0 Å². The minimum Gasteiger partial charge on any atom is -0.480 e. The van der Waals surface area contributed by atoms with Crippen LogP contribution in [0.25, 0.3) is 0 Å². The molecule has 1 aromatic rings. The summed E-state index contributed by atoms with van der Waals surface area (Å²) in [5, 5.41) is 13.9. The highest BCUT2D eigenvalue weighted by Crippen LogP contribution is 2.23. The number of carbonyl (C=O) groups is 2. The van der Waals surface area contributed by atoms with Crippen LogP contribution in [0.5, 0.6) is 0 Å². The summed E-state index contributed by atoms with van der Waals surface area (Å²) in [5.74, 6) is -1.73. The zero-order valence-corrected chi connectivity index (χ0v) is 12.7. The first kappa shape index (κ1) is 16.4. The molecule has 110 valence electrons. The highest BCUT2D eigenvalue weighted by molar-refractivity contribution is 9.10. The van der Waals surface area contributed by atoms with Crippen molar-refractivity contribution in [3.05, 3.63) is 28.5 Å². The number of urea groups is 1. The average molecular weight is 347 g/mol. The van der Waals surface area contributed by atoms with Crippen molar-refractivity contribution in [2.45, 2.75) is 26.3 Å². The van der Waals surface area contributed by atoms with Crippen molar-refractivity contribution in [2.24, 2.45) is 5.92 Å². The van der Waals surface area contributed by atoms with Crippen molar-refractivity contribution in [3.63, 3.8) is 0 Å². The molecule has 0 radical (unpaired) electrons. The average Bonchev–Trinajstić information content (AvgIpc) is 2.38. The summed E-state index contributed by atoms with van der Waals surface area (Å²) in [6.07, 6.45) is 0.623. The molecule has 20 heavy (non-hydrogen) atoms. The van der Waals surface area contributed by atoms with Crippen LogP contribution in [0.15, 0.2) is 22.7 Å². The van der Waals surface area contributed by atoms with E-state index >= 15 is 0 Å². The van der Waals surface area contributed by atoms with Gasteiger partial charge in [0.05, 0.1) is 5.69 Å². The first-order valence-corrected chi connectivity index (χ1v) is 6.89. The van der Waals surface area contributed by atoms with Gasteiger partial charge in [0.1, 0.15) is 11.9 Å². The van der Waals surface area contributed by atoms with Gasteiger partial charge in [-0.15, -0.1) is 0 Å². The first-order valence-electron chi connectivity index (χ1n) is 6.10. The van der Waals surface area contributed by atoms with Gasteiger partial charge < -0.3 is 15.7 Å². The Morgan fingerprint density at radius 1 is 1.45 bits per heavy atom. The molecular weight excluding hydrogens is 331 g/mol. The van der Waals surface area contributed by atoms with E-state index in [-0.39, 0.29) is 5.92 Å². The normalized spacial score (nSPS) is 13.4. The van der Waals surface area contributed by atoms with Crippen molar-refractivity contribution >= 4 is 33.6 Å². The van der Waals surface area contributed by atoms with Crippen molar-refractivity contribution in [1.82, 2.24) is 5.32 Å². The molecule has 2 unspecified atom stereocenters. The number of amides is 2. The van der Waals surface area contributed by atoms with E-state index < -0.39 is 23.9 Å². The summed E-state index contributed by atoms with van der Waals surface area (Å²) < 4.78 is 13.3. The lowest BCUT2D eigenvalue weighted by Crippen LogP contribution is -2.46. The fourth-order valence-corrected chi connectivity index (χ4v) is 2.02. The van der Waals surface area contributed by atoms with E-state index in [0.29, 0.717) is 16.6 Å². The third-order valence-electron chi connectivity index (χ3n) is 2.94. The minimum absolute atomic E-state index is 0.199. The maximum absolute atomic E-state index is 12.9. The number of hydrogen-bond donors (Lipinski definition) is 3. The predicted molar refractivity (Wildman–Crippen MR) is 77.1 cm³/mol. The van der Waals surface area contributed by atoms with Gasteiger partial charge in [-0.25, -0.2) is 14.0 Å². The number of anilines is 1. The Labute approximate surface area is 124 Å².